The molecule has 110 valence electrons. The number of nitrogens with one attached hydrogen (secondary N) is 1. The van der Waals surface area contributed by atoms with Crippen LogP contribution in [0.2, 0.25) is 0 Å². The van der Waals surface area contributed by atoms with Gasteiger partial charge in [0.2, 0.25) is 0 Å². The Balaban J connectivity index is 1.96. The summed E-state index contributed by atoms with van der Waals surface area (Å²) >= 11 is 1.46. The highest BCUT2D eigenvalue weighted by atomic mass is 32.2. The molecule has 0 saturated carbocycles. The maximum atomic E-state index is 5.22. The van der Waals surface area contributed by atoms with E-state index < -0.39 is 0 Å². The molecule has 2 aromatic carbocycles. The van der Waals surface area contributed by atoms with E-state index in [1.54, 1.807) is 20.4 Å². The van der Waals surface area contributed by atoms with Crippen LogP contribution in [0.15, 0.2) is 52.5 Å². The minimum absolute atomic E-state index is 0.738. The Kier molecular flexibility index (Phi) is 5.51. The zero-order chi connectivity index (χ0) is 15.1. The van der Waals surface area contributed by atoms with Crippen LogP contribution in [0.4, 0.5) is 0 Å². The molecule has 0 radical (unpaired) electrons. The van der Waals surface area contributed by atoms with Crippen LogP contribution in [-0.4, -0.2) is 20.4 Å². The van der Waals surface area contributed by atoms with Gasteiger partial charge in [0.25, 0.3) is 0 Å². The Morgan fingerprint density at radius 1 is 1.00 bits per heavy atom. The van der Waals surface area contributed by atoms with Crippen molar-refractivity contribution in [2.24, 2.45) is 5.10 Å². The maximum absolute atomic E-state index is 5.22. The minimum atomic E-state index is 0.738. The van der Waals surface area contributed by atoms with E-state index in [2.05, 4.69) is 41.1 Å². The summed E-state index contributed by atoms with van der Waals surface area (Å²) in [5.74, 6) is 1.48. The number of hydrogen-bond acceptors (Lipinski definition) is 5. The lowest BCUT2D eigenvalue weighted by atomic mass is 10.2. The summed E-state index contributed by atoms with van der Waals surface area (Å²) in [5.41, 5.74) is 2.15. The van der Waals surface area contributed by atoms with Gasteiger partial charge in [0.05, 0.1) is 20.4 Å². The molecule has 0 aromatic heterocycles. The molecule has 0 saturated heterocycles. The molecule has 4 nitrogen and oxygen atoms in total. The molecular formula is C16H18N2O2S. The molecule has 0 aliphatic rings. The summed E-state index contributed by atoms with van der Waals surface area (Å²) < 4.78 is 10.4. The van der Waals surface area contributed by atoms with Gasteiger partial charge in [-0.3, -0.25) is 0 Å². The summed E-state index contributed by atoms with van der Waals surface area (Å²) in [5, 5.41) is 4.19. The summed E-state index contributed by atoms with van der Waals surface area (Å²) in [6.07, 6.45) is 1.73. The molecule has 5 heteroatoms. The van der Waals surface area contributed by atoms with Crippen LogP contribution in [0.3, 0.4) is 0 Å². The first-order valence-electron chi connectivity index (χ1n) is 6.46. The Hall–Kier alpha value is -2.14. The van der Waals surface area contributed by atoms with E-state index in [-0.39, 0.29) is 0 Å². The lowest BCUT2D eigenvalue weighted by Crippen LogP contribution is -1.95. The molecule has 2 rings (SSSR count). The van der Waals surface area contributed by atoms with Crippen molar-refractivity contribution in [3.05, 3.63) is 53.6 Å². The van der Waals surface area contributed by atoms with Crippen molar-refractivity contribution in [3.63, 3.8) is 0 Å². The van der Waals surface area contributed by atoms with Crippen LogP contribution in [-0.2, 0) is 0 Å². The van der Waals surface area contributed by atoms with E-state index in [9.17, 15) is 0 Å². The first-order valence-corrected chi connectivity index (χ1v) is 7.27. The van der Waals surface area contributed by atoms with Crippen molar-refractivity contribution < 1.29 is 9.47 Å². The molecule has 0 aliphatic carbocycles. The number of rotatable bonds is 6. The summed E-state index contributed by atoms with van der Waals surface area (Å²) in [7, 11) is 3.25. The Labute approximate surface area is 129 Å². The molecule has 0 atom stereocenters. The minimum Gasteiger partial charge on any atom is -0.497 e. The van der Waals surface area contributed by atoms with Gasteiger partial charge in [-0.1, -0.05) is 17.7 Å². The van der Waals surface area contributed by atoms with E-state index in [1.165, 1.54) is 17.5 Å². The Morgan fingerprint density at radius 3 is 2.19 bits per heavy atom. The number of aryl methyl sites for hydroxylation is 1. The van der Waals surface area contributed by atoms with Crippen molar-refractivity contribution >= 4 is 18.2 Å². The van der Waals surface area contributed by atoms with Crippen molar-refractivity contribution in [1.82, 2.24) is 4.83 Å². The van der Waals surface area contributed by atoms with E-state index in [1.807, 2.05) is 18.2 Å². The van der Waals surface area contributed by atoms with Crippen LogP contribution >= 0.6 is 11.9 Å². The SMILES string of the molecule is COc1cc(C=NNSc2ccc(C)cc2)cc(OC)c1. The zero-order valence-electron chi connectivity index (χ0n) is 12.3. The van der Waals surface area contributed by atoms with E-state index in [4.69, 9.17) is 9.47 Å². The van der Waals surface area contributed by atoms with Gasteiger partial charge >= 0.3 is 0 Å². The monoisotopic (exact) mass is 302 g/mol. The van der Waals surface area contributed by atoms with Gasteiger partial charge in [0.15, 0.2) is 0 Å². The molecule has 0 aliphatic heterocycles. The van der Waals surface area contributed by atoms with Crippen LogP contribution in [0.1, 0.15) is 11.1 Å². The van der Waals surface area contributed by atoms with E-state index in [0.717, 1.165) is 22.0 Å². The predicted octanol–water partition coefficient (Wildman–Crippen LogP) is 3.64. The number of methoxy groups -OCH3 is 2. The molecule has 1 N–H and O–H groups in total. The molecule has 21 heavy (non-hydrogen) atoms. The molecular weight excluding hydrogens is 284 g/mol. The maximum Gasteiger partial charge on any atom is 0.123 e. The highest BCUT2D eigenvalue weighted by Gasteiger charge is 1.99. The third kappa shape index (κ3) is 4.72. The van der Waals surface area contributed by atoms with Gasteiger partial charge in [-0.15, -0.1) is 0 Å². The molecule has 0 bridgehead atoms. The average molecular weight is 302 g/mol. The van der Waals surface area contributed by atoms with Gasteiger partial charge in [-0.2, -0.15) is 5.10 Å². The predicted molar refractivity (Wildman–Crippen MR) is 87.3 cm³/mol. The van der Waals surface area contributed by atoms with Gasteiger partial charge < -0.3 is 9.47 Å². The standard InChI is InChI=1S/C16H18N2O2S/c1-12-4-6-16(7-5-12)21-18-17-11-13-8-14(19-2)10-15(9-13)20-3/h4-11,18H,1-3H3. The van der Waals surface area contributed by atoms with Crippen molar-refractivity contribution in [2.75, 3.05) is 14.2 Å². The molecule has 0 amide bonds. The zero-order valence-corrected chi connectivity index (χ0v) is 13.1. The third-order valence-corrected chi connectivity index (χ3v) is 3.53. The molecule has 0 unspecified atom stereocenters. The van der Waals surface area contributed by atoms with Crippen LogP contribution < -0.4 is 14.3 Å². The third-order valence-electron chi connectivity index (χ3n) is 2.82. The van der Waals surface area contributed by atoms with Gasteiger partial charge in [-0.05, 0) is 31.2 Å². The highest BCUT2D eigenvalue weighted by molar-refractivity contribution is 7.97. The highest BCUT2D eigenvalue weighted by Crippen LogP contribution is 2.21. The van der Waals surface area contributed by atoms with E-state index >= 15 is 0 Å². The lowest BCUT2D eigenvalue weighted by molar-refractivity contribution is 0.394. The fourth-order valence-electron chi connectivity index (χ4n) is 1.69. The van der Waals surface area contributed by atoms with Gasteiger partial charge in [0, 0.05) is 28.5 Å². The van der Waals surface area contributed by atoms with Crippen LogP contribution in [0.25, 0.3) is 0 Å². The molecule has 0 heterocycles. The number of benzene rings is 2. The molecule has 0 fully saturated rings. The summed E-state index contributed by atoms with van der Waals surface area (Å²) in [4.78, 5) is 4.06. The second-order valence-electron chi connectivity index (χ2n) is 4.41. The van der Waals surface area contributed by atoms with Crippen molar-refractivity contribution in [3.8, 4) is 11.5 Å². The molecule has 0 spiro atoms. The fraction of sp³-hybridized carbons (Fsp3) is 0.188. The number of hydrazone groups is 1. The van der Waals surface area contributed by atoms with Gasteiger partial charge in [0.1, 0.15) is 11.5 Å². The Morgan fingerprint density at radius 2 is 1.62 bits per heavy atom. The average Bonchev–Trinajstić information content (AvgIpc) is 2.53. The van der Waals surface area contributed by atoms with Crippen molar-refractivity contribution in [2.45, 2.75) is 11.8 Å². The van der Waals surface area contributed by atoms with Crippen LogP contribution in [0, 0.1) is 6.92 Å². The quantitative estimate of drug-likeness (QED) is 0.502. The first-order chi connectivity index (χ1) is 10.2. The van der Waals surface area contributed by atoms with Crippen molar-refractivity contribution in [1.29, 1.82) is 0 Å². The fourth-order valence-corrected chi connectivity index (χ4v) is 2.17. The topological polar surface area (TPSA) is 42.8 Å². The smallest absolute Gasteiger partial charge is 0.123 e. The van der Waals surface area contributed by atoms with E-state index in [0.29, 0.717) is 0 Å². The summed E-state index contributed by atoms with van der Waals surface area (Å²) in [6.45, 7) is 2.07. The normalized spacial score (nSPS) is 10.6. The largest absolute Gasteiger partial charge is 0.497 e. The number of ether oxygens (including phenoxy) is 2. The second-order valence-corrected chi connectivity index (χ2v) is 5.27. The Bertz CT molecular complexity index is 590. The van der Waals surface area contributed by atoms with Gasteiger partial charge in [-0.25, -0.2) is 4.83 Å². The number of hydrogen-bond donors (Lipinski definition) is 1. The first kappa shape index (κ1) is 15.3. The molecule has 2 aromatic rings. The van der Waals surface area contributed by atoms with Crippen LogP contribution in [0.5, 0.6) is 11.5 Å². The lowest BCUT2D eigenvalue weighted by Gasteiger charge is -2.05. The summed E-state index contributed by atoms with van der Waals surface area (Å²) in [6, 6.07) is 13.9. The second kappa shape index (κ2) is 7.59. The number of nitrogens with zero attached hydrogens (tertiary/aromatic N) is 1.